The molecule has 1 atom stereocenters. The summed E-state index contributed by atoms with van der Waals surface area (Å²) in [5.41, 5.74) is 3.00. The number of pyridine rings is 1. The summed E-state index contributed by atoms with van der Waals surface area (Å²) in [5, 5.41) is 3.17. The van der Waals surface area contributed by atoms with E-state index in [9.17, 15) is 0 Å². The first-order valence-corrected chi connectivity index (χ1v) is 7.48. The van der Waals surface area contributed by atoms with Crippen molar-refractivity contribution in [3.8, 4) is 0 Å². The van der Waals surface area contributed by atoms with Crippen molar-refractivity contribution in [3.63, 3.8) is 0 Å². The van der Waals surface area contributed by atoms with Gasteiger partial charge in [-0.15, -0.1) is 0 Å². The van der Waals surface area contributed by atoms with Crippen LogP contribution in [0.25, 0.3) is 0 Å². The topological polar surface area (TPSA) is 63.2 Å². The fourth-order valence-electron chi connectivity index (χ4n) is 2.66. The second-order valence-electron chi connectivity index (χ2n) is 5.44. The Labute approximate surface area is 130 Å². The molecule has 3 rings (SSSR count). The monoisotopic (exact) mass is 299 g/mol. The average molecular weight is 299 g/mol. The molecule has 1 saturated heterocycles. The molecule has 0 saturated carbocycles. The van der Waals surface area contributed by atoms with E-state index < -0.39 is 0 Å². The predicted molar refractivity (Wildman–Crippen MR) is 86.2 cm³/mol. The Hall–Kier alpha value is -2.21. The smallest absolute Gasteiger partial charge is 0.132 e. The number of aromatic nitrogens is 3. The minimum absolute atomic E-state index is 0.0454. The summed E-state index contributed by atoms with van der Waals surface area (Å²) in [5.74, 6) is 1.73. The maximum atomic E-state index is 5.93. The van der Waals surface area contributed by atoms with Crippen molar-refractivity contribution in [1.29, 1.82) is 0 Å². The van der Waals surface area contributed by atoms with Crippen molar-refractivity contribution < 1.29 is 4.74 Å². The van der Waals surface area contributed by atoms with E-state index in [0.29, 0.717) is 6.61 Å². The Morgan fingerprint density at radius 3 is 2.91 bits per heavy atom. The molecular weight excluding hydrogens is 278 g/mol. The molecule has 116 valence electrons. The zero-order valence-electron chi connectivity index (χ0n) is 13.2. The Kier molecular flexibility index (Phi) is 4.20. The lowest BCUT2D eigenvalue weighted by Gasteiger charge is -2.33. The number of nitrogens with one attached hydrogen (secondary N) is 1. The highest BCUT2D eigenvalue weighted by Crippen LogP contribution is 2.25. The first-order chi connectivity index (χ1) is 10.7. The van der Waals surface area contributed by atoms with Gasteiger partial charge in [-0.2, -0.15) is 0 Å². The lowest BCUT2D eigenvalue weighted by molar-refractivity contribution is 0.0367. The van der Waals surface area contributed by atoms with Gasteiger partial charge < -0.3 is 15.0 Å². The van der Waals surface area contributed by atoms with E-state index >= 15 is 0 Å². The van der Waals surface area contributed by atoms with Gasteiger partial charge in [0.15, 0.2) is 0 Å². The average Bonchev–Trinajstić information content (AvgIpc) is 2.54. The maximum absolute atomic E-state index is 5.93. The van der Waals surface area contributed by atoms with Crippen LogP contribution in [0.4, 0.5) is 11.5 Å². The van der Waals surface area contributed by atoms with Crippen molar-refractivity contribution >= 4 is 11.5 Å². The third-order valence-corrected chi connectivity index (χ3v) is 3.74. The zero-order valence-corrected chi connectivity index (χ0v) is 13.2. The van der Waals surface area contributed by atoms with E-state index in [-0.39, 0.29) is 6.10 Å². The van der Waals surface area contributed by atoms with Gasteiger partial charge in [-0.05, 0) is 32.0 Å². The van der Waals surface area contributed by atoms with Crippen molar-refractivity contribution in [2.75, 3.05) is 37.0 Å². The summed E-state index contributed by atoms with van der Waals surface area (Å²) in [6.07, 6.45) is 1.75. The largest absolute Gasteiger partial charge is 0.388 e. The van der Waals surface area contributed by atoms with Gasteiger partial charge in [0.2, 0.25) is 0 Å². The van der Waals surface area contributed by atoms with Gasteiger partial charge in [-0.1, -0.05) is 0 Å². The van der Waals surface area contributed by atoms with E-state index in [4.69, 9.17) is 4.74 Å². The molecular formula is C16H21N5O. The lowest BCUT2D eigenvalue weighted by atomic mass is 10.1. The molecule has 0 aliphatic carbocycles. The van der Waals surface area contributed by atoms with Gasteiger partial charge in [-0.25, -0.2) is 9.97 Å². The summed E-state index contributed by atoms with van der Waals surface area (Å²) < 4.78 is 5.93. The van der Waals surface area contributed by atoms with Gasteiger partial charge in [-0.3, -0.25) is 4.98 Å². The molecule has 0 unspecified atom stereocenters. The first-order valence-electron chi connectivity index (χ1n) is 7.48. The Bertz CT molecular complexity index is 661. The third kappa shape index (κ3) is 3.17. The van der Waals surface area contributed by atoms with Crippen LogP contribution in [0, 0.1) is 13.8 Å². The highest BCUT2D eigenvalue weighted by atomic mass is 16.5. The molecule has 2 aromatic rings. The van der Waals surface area contributed by atoms with Crippen molar-refractivity contribution in [1.82, 2.24) is 15.0 Å². The molecule has 6 heteroatoms. The molecule has 2 aromatic heterocycles. The zero-order chi connectivity index (χ0) is 15.5. The summed E-state index contributed by atoms with van der Waals surface area (Å²) in [4.78, 5) is 15.5. The van der Waals surface area contributed by atoms with Gasteiger partial charge >= 0.3 is 0 Å². The van der Waals surface area contributed by atoms with E-state index in [0.717, 1.165) is 41.8 Å². The van der Waals surface area contributed by atoms with Crippen LogP contribution in [0.1, 0.15) is 23.3 Å². The van der Waals surface area contributed by atoms with Crippen LogP contribution < -0.4 is 10.2 Å². The van der Waals surface area contributed by atoms with Gasteiger partial charge in [0.05, 0.1) is 18.8 Å². The molecule has 6 nitrogen and oxygen atoms in total. The van der Waals surface area contributed by atoms with E-state index in [2.05, 4.69) is 25.2 Å². The first kappa shape index (κ1) is 14.7. The minimum Gasteiger partial charge on any atom is -0.388 e. The van der Waals surface area contributed by atoms with Gasteiger partial charge in [0.25, 0.3) is 0 Å². The minimum atomic E-state index is -0.0454. The van der Waals surface area contributed by atoms with Gasteiger partial charge in [0.1, 0.15) is 17.7 Å². The number of rotatable bonds is 3. The maximum Gasteiger partial charge on any atom is 0.132 e. The number of aryl methyl sites for hydroxylation is 2. The van der Waals surface area contributed by atoms with Crippen molar-refractivity contribution in [2.45, 2.75) is 20.0 Å². The molecule has 1 N–H and O–H groups in total. The highest BCUT2D eigenvalue weighted by molar-refractivity contribution is 5.46. The van der Waals surface area contributed by atoms with Gasteiger partial charge in [0, 0.05) is 31.2 Å². The summed E-state index contributed by atoms with van der Waals surface area (Å²) in [6, 6.07) is 6.02. The molecule has 3 heterocycles. The molecule has 0 radical (unpaired) electrons. The molecule has 1 fully saturated rings. The summed E-state index contributed by atoms with van der Waals surface area (Å²) in [6.45, 7) is 6.15. The van der Waals surface area contributed by atoms with Crippen LogP contribution in [0.15, 0.2) is 24.4 Å². The quantitative estimate of drug-likeness (QED) is 0.936. The van der Waals surface area contributed by atoms with E-state index in [1.54, 1.807) is 6.20 Å². The van der Waals surface area contributed by atoms with Crippen LogP contribution in [0.5, 0.6) is 0 Å². The summed E-state index contributed by atoms with van der Waals surface area (Å²) in [7, 11) is 1.91. The summed E-state index contributed by atoms with van der Waals surface area (Å²) >= 11 is 0. The molecule has 0 bridgehead atoms. The second-order valence-corrected chi connectivity index (χ2v) is 5.44. The highest BCUT2D eigenvalue weighted by Gasteiger charge is 2.24. The van der Waals surface area contributed by atoms with Crippen LogP contribution >= 0.6 is 0 Å². The van der Waals surface area contributed by atoms with Crippen LogP contribution in [-0.4, -0.2) is 41.7 Å². The molecule has 22 heavy (non-hydrogen) atoms. The third-order valence-electron chi connectivity index (χ3n) is 3.74. The van der Waals surface area contributed by atoms with Crippen molar-refractivity contribution in [2.24, 2.45) is 0 Å². The number of nitrogens with zero attached hydrogens (tertiary/aromatic N) is 4. The number of hydrogen-bond donors (Lipinski definition) is 1. The Morgan fingerprint density at radius 2 is 2.14 bits per heavy atom. The second kappa shape index (κ2) is 6.27. The lowest BCUT2D eigenvalue weighted by Crippen LogP contribution is -2.39. The number of morpholine rings is 1. The number of ether oxygens (including phenoxy) is 1. The van der Waals surface area contributed by atoms with Crippen molar-refractivity contribution in [3.05, 3.63) is 41.6 Å². The standard InChI is InChI=1S/C16H21N5O/c1-11-8-13(17-3)9-14(19-11)15-10-21(6-7-22-15)16-4-5-18-12(2)20-16/h4-5,8-9,15H,6-7,10H2,1-3H3,(H,17,19)/t15-/m1/s1. The SMILES string of the molecule is CNc1cc(C)nc([C@H]2CN(c3ccnc(C)n3)CCO2)c1. The molecule has 1 aliphatic heterocycles. The van der Waals surface area contributed by atoms with E-state index in [1.165, 1.54) is 0 Å². The molecule has 1 aliphatic rings. The predicted octanol–water partition coefficient (Wildman–Crippen LogP) is 2.11. The Balaban J connectivity index is 1.82. The molecule has 0 aromatic carbocycles. The molecule has 0 amide bonds. The number of anilines is 2. The van der Waals surface area contributed by atoms with Crippen LogP contribution in [0.3, 0.4) is 0 Å². The van der Waals surface area contributed by atoms with E-state index in [1.807, 2.05) is 39.1 Å². The fraction of sp³-hybridized carbons (Fsp3) is 0.438. The Morgan fingerprint density at radius 1 is 1.27 bits per heavy atom. The normalized spacial score (nSPS) is 18.3. The van der Waals surface area contributed by atoms with Crippen LogP contribution in [-0.2, 0) is 4.74 Å². The van der Waals surface area contributed by atoms with Crippen LogP contribution in [0.2, 0.25) is 0 Å². The fourth-order valence-corrected chi connectivity index (χ4v) is 2.66. The number of hydrogen-bond acceptors (Lipinski definition) is 6. The molecule has 0 spiro atoms.